The summed E-state index contributed by atoms with van der Waals surface area (Å²) in [5.41, 5.74) is 0.842. The lowest BCUT2D eigenvalue weighted by molar-refractivity contribution is 0.0720. The van der Waals surface area contributed by atoms with Crippen LogP contribution in [-0.4, -0.2) is 12.2 Å². The van der Waals surface area contributed by atoms with Crippen molar-refractivity contribution >= 4 is 11.6 Å². The van der Waals surface area contributed by atoms with Crippen molar-refractivity contribution in [3.63, 3.8) is 0 Å². The molecule has 2 nitrogen and oxygen atoms in total. The van der Waals surface area contributed by atoms with Gasteiger partial charge in [0, 0.05) is 0 Å². The number of hydrogen-bond donors (Lipinski definition) is 1. The van der Waals surface area contributed by atoms with E-state index in [-0.39, 0.29) is 0 Å². The van der Waals surface area contributed by atoms with Crippen LogP contribution in [0.5, 0.6) is 5.75 Å². The second-order valence-electron chi connectivity index (χ2n) is 6.26. The van der Waals surface area contributed by atoms with Crippen LogP contribution in [0.2, 0.25) is 5.02 Å². The average molecular weight is 311 g/mol. The molecule has 21 heavy (non-hydrogen) atoms. The molecular formula is C18H27ClO2. The highest BCUT2D eigenvalue weighted by molar-refractivity contribution is 6.31. The maximum Gasteiger partial charge on any atom is 0.120 e. The Labute approximate surface area is 133 Å². The summed E-state index contributed by atoms with van der Waals surface area (Å²) >= 11 is 6.28. The Bertz CT molecular complexity index is 439. The molecule has 1 atom stereocenters. The maximum absolute atomic E-state index is 10.6. The monoisotopic (exact) mass is 310 g/mol. The summed E-state index contributed by atoms with van der Waals surface area (Å²) in [6.07, 6.45) is 8.23. The van der Waals surface area contributed by atoms with Gasteiger partial charge in [-0.2, -0.15) is 0 Å². The SMILES string of the molecule is CCCCC1CCC(C(O)c2ccc(OC)cc2Cl)CC1. The Hall–Kier alpha value is -0.730. The van der Waals surface area contributed by atoms with Crippen LogP contribution < -0.4 is 4.74 Å². The van der Waals surface area contributed by atoms with Crippen LogP contribution in [0.1, 0.15) is 63.5 Å². The summed E-state index contributed by atoms with van der Waals surface area (Å²) in [5.74, 6) is 1.94. The molecule has 0 aromatic heterocycles. The minimum atomic E-state index is -0.449. The van der Waals surface area contributed by atoms with E-state index in [0.29, 0.717) is 10.9 Å². The summed E-state index contributed by atoms with van der Waals surface area (Å²) in [5, 5.41) is 11.2. The molecule has 0 amide bonds. The summed E-state index contributed by atoms with van der Waals surface area (Å²) in [7, 11) is 1.62. The van der Waals surface area contributed by atoms with E-state index in [4.69, 9.17) is 16.3 Å². The number of benzene rings is 1. The third kappa shape index (κ3) is 4.37. The minimum Gasteiger partial charge on any atom is -0.497 e. The molecule has 3 heteroatoms. The second kappa shape index (κ2) is 8.05. The lowest BCUT2D eigenvalue weighted by Crippen LogP contribution is -2.20. The maximum atomic E-state index is 10.6. The quantitative estimate of drug-likeness (QED) is 0.764. The third-order valence-electron chi connectivity index (χ3n) is 4.83. The van der Waals surface area contributed by atoms with Crippen molar-refractivity contribution in [3.8, 4) is 5.75 Å². The molecule has 1 aliphatic rings. The summed E-state index contributed by atoms with van der Waals surface area (Å²) in [6.45, 7) is 2.25. The van der Waals surface area contributed by atoms with E-state index >= 15 is 0 Å². The number of methoxy groups -OCH3 is 1. The Morgan fingerprint density at radius 1 is 1.29 bits per heavy atom. The normalized spacial score (nSPS) is 23.8. The zero-order valence-electron chi connectivity index (χ0n) is 13.1. The van der Waals surface area contributed by atoms with Crippen molar-refractivity contribution in [1.82, 2.24) is 0 Å². The fourth-order valence-electron chi connectivity index (χ4n) is 3.41. The molecule has 118 valence electrons. The first-order valence-corrected chi connectivity index (χ1v) is 8.55. The van der Waals surface area contributed by atoms with Gasteiger partial charge in [-0.05, 0) is 42.4 Å². The molecule has 0 aliphatic heterocycles. The van der Waals surface area contributed by atoms with Crippen LogP contribution >= 0.6 is 11.6 Å². The first kappa shape index (κ1) is 16.6. The number of hydrogen-bond acceptors (Lipinski definition) is 2. The van der Waals surface area contributed by atoms with Crippen LogP contribution in [0.3, 0.4) is 0 Å². The van der Waals surface area contributed by atoms with Crippen molar-refractivity contribution in [2.24, 2.45) is 11.8 Å². The number of halogens is 1. The van der Waals surface area contributed by atoms with Crippen molar-refractivity contribution < 1.29 is 9.84 Å². The molecule has 0 bridgehead atoms. The largest absolute Gasteiger partial charge is 0.497 e. The molecule has 0 saturated heterocycles. The number of rotatable bonds is 6. The molecule has 0 heterocycles. The average Bonchev–Trinajstić information content (AvgIpc) is 2.52. The molecule has 1 aromatic carbocycles. The number of unbranched alkanes of at least 4 members (excludes halogenated alkanes) is 1. The molecule has 1 aliphatic carbocycles. The van der Waals surface area contributed by atoms with Gasteiger partial charge in [-0.3, -0.25) is 0 Å². The third-order valence-corrected chi connectivity index (χ3v) is 5.16. The van der Waals surface area contributed by atoms with Crippen molar-refractivity contribution in [1.29, 1.82) is 0 Å². The van der Waals surface area contributed by atoms with Crippen LogP contribution in [0.25, 0.3) is 0 Å². The van der Waals surface area contributed by atoms with Gasteiger partial charge in [-0.25, -0.2) is 0 Å². The van der Waals surface area contributed by atoms with Gasteiger partial charge in [0.25, 0.3) is 0 Å². The van der Waals surface area contributed by atoms with Crippen molar-refractivity contribution in [2.75, 3.05) is 7.11 Å². The van der Waals surface area contributed by atoms with E-state index in [1.165, 1.54) is 32.1 Å². The lowest BCUT2D eigenvalue weighted by Gasteiger charge is -2.32. The molecule has 1 N–H and O–H groups in total. The van der Waals surface area contributed by atoms with Crippen LogP contribution in [0.15, 0.2) is 18.2 Å². The number of aliphatic hydroxyl groups excluding tert-OH is 1. The molecule has 1 saturated carbocycles. The van der Waals surface area contributed by atoms with Gasteiger partial charge in [0.2, 0.25) is 0 Å². The van der Waals surface area contributed by atoms with E-state index < -0.39 is 6.10 Å². The van der Waals surface area contributed by atoms with E-state index in [1.807, 2.05) is 12.1 Å². The van der Waals surface area contributed by atoms with E-state index in [1.54, 1.807) is 13.2 Å². The Morgan fingerprint density at radius 2 is 2.00 bits per heavy atom. The molecule has 1 aromatic rings. The first-order valence-electron chi connectivity index (χ1n) is 8.17. The van der Waals surface area contributed by atoms with Gasteiger partial charge < -0.3 is 9.84 Å². The molecule has 0 radical (unpaired) electrons. The van der Waals surface area contributed by atoms with Gasteiger partial charge in [-0.1, -0.05) is 56.7 Å². The molecule has 0 spiro atoms. The fourth-order valence-corrected chi connectivity index (χ4v) is 3.70. The highest BCUT2D eigenvalue weighted by Gasteiger charge is 2.28. The zero-order valence-corrected chi connectivity index (χ0v) is 13.9. The van der Waals surface area contributed by atoms with Crippen LogP contribution in [0.4, 0.5) is 0 Å². The second-order valence-corrected chi connectivity index (χ2v) is 6.66. The minimum absolute atomic E-state index is 0.341. The number of aliphatic hydroxyl groups is 1. The summed E-state index contributed by atoms with van der Waals surface area (Å²) in [6, 6.07) is 5.55. The van der Waals surface area contributed by atoms with Gasteiger partial charge in [0.15, 0.2) is 0 Å². The highest BCUT2D eigenvalue weighted by atomic mass is 35.5. The summed E-state index contributed by atoms with van der Waals surface area (Å²) < 4.78 is 5.16. The van der Waals surface area contributed by atoms with Crippen LogP contribution in [-0.2, 0) is 0 Å². The summed E-state index contributed by atoms with van der Waals surface area (Å²) in [4.78, 5) is 0. The molecule has 1 unspecified atom stereocenters. The van der Waals surface area contributed by atoms with E-state index in [9.17, 15) is 5.11 Å². The lowest BCUT2D eigenvalue weighted by atomic mass is 9.76. The van der Waals surface area contributed by atoms with Crippen LogP contribution in [0, 0.1) is 11.8 Å². The first-order chi connectivity index (χ1) is 10.2. The van der Waals surface area contributed by atoms with Gasteiger partial charge in [-0.15, -0.1) is 0 Å². The molecule has 1 fully saturated rings. The van der Waals surface area contributed by atoms with Gasteiger partial charge >= 0.3 is 0 Å². The van der Waals surface area contributed by atoms with Gasteiger partial charge in [0.1, 0.15) is 5.75 Å². The smallest absolute Gasteiger partial charge is 0.120 e. The molecule has 2 rings (SSSR count). The highest BCUT2D eigenvalue weighted by Crippen LogP contribution is 2.40. The topological polar surface area (TPSA) is 29.5 Å². The molecular weight excluding hydrogens is 284 g/mol. The van der Waals surface area contributed by atoms with Crippen molar-refractivity contribution in [3.05, 3.63) is 28.8 Å². The number of ether oxygens (including phenoxy) is 1. The predicted molar refractivity (Wildman–Crippen MR) is 87.9 cm³/mol. The zero-order chi connectivity index (χ0) is 15.2. The fraction of sp³-hybridized carbons (Fsp3) is 0.667. The predicted octanol–water partition coefficient (Wildman–Crippen LogP) is 5.38. The van der Waals surface area contributed by atoms with Gasteiger partial charge in [0.05, 0.1) is 18.2 Å². The Morgan fingerprint density at radius 3 is 2.57 bits per heavy atom. The Balaban J connectivity index is 1.94. The van der Waals surface area contributed by atoms with E-state index in [0.717, 1.165) is 30.1 Å². The Kier molecular flexibility index (Phi) is 6.38. The standard InChI is InChI=1S/C18H27ClO2/c1-3-4-5-13-6-8-14(9-7-13)18(20)16-11-10-15(21-2)12-17(16)19/h10-14,18,20H,3-9H2,1-2H3. The van der Waals surface area contributed by atoms with E-state index in [2.05, 4.69) is 6.92 Å². The van der Waals surface area contributed by atoms with Crippen molar-refractivity contribution in [2.45, 2.75) is 58.0 Å².